The first-order chi connectivity index (χ1) is 10.0. The monoisotopic (exact) mass is 284 g/mol. The number of para-hydroxylation sites is 1. The maximum atomic E-state index is 6.01. The molecule has 0 saturated heterocycles. The number of nitrogens with one attached hydrogen (secondary N) is 1. The van der Waals surface area contributed by atoms with E-state index in [9.17, 15) is 0 Å². The summed E-state index contributed by atoms with van der Waals surface area (Å²) in [6, 6.07) is 13.9. The van der Waals surface area contributed by atoms with E-state index in [1.54, 1.807) is 0 Å². The lowest BCUT2D eigenvalue weighted by Crippen LogP contribution is -2.12. The molecule has 21 heavy (non-hydrogen) atoms. The van der Waals surface area contributed by atoms with Gasteiger partial charge in [-0.15, -0.1) is 0 Å². The number of hydrogen-bond acceptors (Lipinski definition) is 3. The molecule has 0 atom stereocenters. The Kier molecular flexibility index (Phi) is 4.84. The molecule has 0 bridgehead atoms. The van der Waals surface area contributed by atoms with E-state index >= 15 is 0 Å². The lowest BCUT2D eigenvalue weighted by Gasteiger charge is -2.22. The molecule has 0 aliphatic rings. The molecule has 3 nitrogen and oxygen atoms in total. The third-order valence-corrected chi connectivity index (χ3v) is 3.19. The topological polar surface area (TPSA) is 34.1 Å². The van der Waals surface area contributed by atoms with Gasteiger partial charge in [-0.05, 0) is 24.0 Å². The maximum absolute atomic E-state index is 6.01. The van der Waals surface area contributed by atoms with Gasteiger partial charge in [-0.2, -0.15) is 4.98 Å². The first kappa shape index (κ1) is 15.4. The third-order valence-electron chi connectivity index (χ3n) is 3.19. The Labute approximate surface area is 127 Å². The quantitative estimate of drug-likeness (QED) is 0.839. The van der Waals surface area contributed by atoms with Crippen molar-refractivity contribution < 1.29 is 4.74 Å². The molecule has 0 radical (unpaired) electrons. The first-order valence-corrected chi connectivity index (χ1v) is 7.49. The van der Waals surface area contributed by atoms with E-state index in [0.29, 0.717) is 5.88 Å². The fraction of sp³-hybridized carbons (Fsp3) is 0.389. The molecular weight excluding hydrogens is 260 g/mol. The van der Waals surface area contributed by atoms with Crippen LogP contribution in [0.2, 0.25) is 0 Å². The van der Waals surface area contributed by atoms with Gasteiger partial charge in [-0.1, -0.05) is 52.0 Å². The summed E-state index contributed by atoms with van der Waals surface area (Å²) in [5.74, 6) is 2.33. The van der Waals surface area contributed by atoms with Crippen LogP contribution in [0.4, 0.5) is 5.82 Å². The number of hydrogen-bond donors (Lipinski definition) is 1. The van der Waals surface area contributed by atoms with Gasteiger partial charge in [-0.25, -0.2) is 0 Å². The van der Waals surface area contributed by atoms with E-state index in [1.165, 1.54) is 5.56 Å². The summed E-state index contributed by atoms with van der Waals surface area (Å²) in [6.45, 7) is 9.59. The van der Waals surface area contributed by atoms with E-state index in [0.717, 1.165) is 24.5 Å². The van der Waals surface area contributed by atoms with E-state index in [2.05, 4.69) is 44.1 Å². The van der Waals surface area contributed by atoms with Crippen molar-refractivity contribution in [2.75, 3.05) is 11.9 Å². The molecule has 2 aromatic rings. The highest BCUT2D eigenvalue weighted by atomic mass is 16.5. The zero-order valence-electron chi connectivity index (χ0n) is 13.3. The Hall–Kier alpha value is -2.03. The van der Waals surface area contributed by atoms with E-state index in [4.69, 9.17) is 4.74 Å². The van der Waals surface area contributed by atoms with Gasteiger partial charge in [0.1, 0.15) is 11.6 Å². The van der Waals surface area contributed by atoms with Gasteiger partial charge >= 0.3 is 0 Å². The molecule has 0 aliphatic carbocycles. The van der Waals surface area contributed by atoms with Gasteiger partial charge < -0.3 is 10.1 Å². The van der Waals surface area contributed by atoms with E-state index < -0.39 is 0 Å². The van der Waals surface area contributed by atoms with Crippen molar-refractivity contribution >= 4 is 5.82 Å². The van der Waals surface area contributed by atoms with Crippen LogP contribution in [0, 0.1) is 0 Å². The van der Waals surface area contributed by atoms with Crippen molar-refractivity contribution in [1.82, 2.24) is 4.98 Å². The molecular formula is C18H24N2O. The van der Waals surface area contributed by atoms with E-state index in [1.807, 2.05) is 36.4 Å². The summed E-state index contributed by atoms with van der Waals surface area (Å²) in [7, 11) is 0. The molecule has 2 rings (SSSR count). The van der Waals surface area contributed by atoms with Crippen LogP contribution in [0.15, 0.2) is 42.5 Å². The summed E-state index contributed by atoms with van der Waals surface area (Å²) < 4.78 is 6.01. The fourth-order valence-electron chi connectivity index (χ4n) is 2.11. The van der Waals surface area contributed by atoms with Crippen molar-refractivity contribution in [3.8, 4) is 11.6 Å². The van der Waals surface area contributed by atoms with Gasteiger partial charge in [0.15, 0.2) is 0 Å². The molecule has 0 amide bonds. The number of anilines is 1. The number of ether oxygens (including phenoxy) is 1. The second kappa shape index (κ2) is 6.61. The lowest BCUT2D eigenvalue weighted by molar-refractivity contribution is 0.440. The fourth-order valence-corrected chi connectivity index (χ4v) is 2.11. The molecule has 0 saturated carbocycles. The minimum absolute atomic E-state index is 0.0364. The largest absolute Gasteiger partial charge is 0.439 e. The summed E-state index contributed by atoms with van der Waals surface area (Å²) in [4.78, 5) is 4.50. The Morgan fingerprint density at radius 3 is 2.52 bits per heavy atom. The molecule has 1 heterocycles. The highest BCUT2D eigenvalue weighted by Crippen LogP contribution is 2.33. The van der Waals surface area contributed by atoms with Gasteiger partial charge in [-0.3, -0.25) is 0 Å². The molecule has 0 fully saturated rings. The SMILES string of the molecule is CCCNc1cccc(Oc2ccccc2C(C)(C)C)n1. The van der Waals surface area contributed by atoms with Gasteiger partial charge in [0.2, 0.25) is 5.88 Å². The highest BCUT2D eigenvalue weighted by Gasteiger charge is 2.18. The Morgan fingerprint density at radius 2 is 1.81 bits per heavy atom. The minimum atomic E-state index is 0.0364. The first-order valence-electron chi connectivity index (χ1n) is 7.49. The van der Waals surface area contributed by atoms with Crippen LogP contribution in [0.5, 0.6) is 11.6 Å². The standard InChI is InChI=1S/C18H24N2O/c1-5-13-19-16-11-8-12-17(20-16)21-15-10-7-6-9-14(15)18(2,3)4/h6-12H,5,13H2,1-4H3,(H,19,20). The minimum Gasteiger partial charge on any atom is -0.439 e. The molecule has 3 heteroatoms. The van der Waals surface area contributed by atoms with Crippen LogP contribution in [-0.2, 0) is 5.41 Å². The number of nitrogens with zero attached hydrogens (tertiary/aromatic N) is 1. The maximum Gasteiger partial charge on any atom is 0.221 e. The molecule has 112 valence electrons. The van der Waals surface area contributed by atoms with Crippen LogP contribution in [0.3, 0.4) is 0 Å². The smallest absolute Gasteiger partial charge is 0.221 e. The molecule has 1 aromatic heterocycles. The van der Waals surface area contributed by atoms with Crippen molar-refractivity contribution in [1.29, 1.82) is 0 Å². The summed E-state index contributed by atoms with van der Waals surface area (Å²) >= 11 is 0. The molecule has 0 spiro atoms. The number of pyridine rings is 1. The zero-order valence-corrected chi connectivity index (χ0v) is 13.3. The zero-order chi connectivity index (χ0) is 15.3. The normalized spacial score (nSPS) is 11.2. The number of aromatic nitrogens is 1. The molecule has 0 unspecified atom stereocenters. The Morgan fingerprint density at radius 1 is 1.05 bits per heavy atom. The predicted octanol–water partition coefficient (Wildman–Crippen LogP) is 4.99. The molecule has 1 N–H and O–H groups in total. The predicted molar refractivity (Wildman–Crippen MR) is 88.2 cm³/mol. The second-order valence-electron chi connectivity index (χ2n) is 6.14. The average Bonchev–Trinajstić information content (AvgIpc) is 2.45. The van der Waals surface area contributed by atoms with Gasteiger partial charge in [0, 0.05) is 18.2 Å². The third kappa shape index (κ3) is 4.22. The second-order valence-corrected chi connectivity index (χ2v) is 6.14. The van der Waals surface area contributed by atoms with Gasteiger partial charge in [0.25, 0.3) is 0 Å². The van der Waals surface area contributed by atoms with Crippen LogP contribution < -0.4 is 10.1 Å². The summed E-state index contributed by atoms with van der Waals surface area (Å²) in [6.07, 6.45) is 1.07. The average molecular weight is 284 g/mol. The molecule has 1 aromatic carbocycles. The summed E-state index contributed by atoms with van der Waals surface area (Å²) in [5.41, 5.74) is 1.22. The van der Waals surface area contributed by atoms with Crippen molar-refractivity contribution in [3.63, 3.8) is 0 Å². The van der Waals surface area contributed by atoms with Crippen molar-refractivity contribution in [2.45, 2.75) is 39.5 Å². The summed E-state index contributed by atoms with van der Waals surface area (Å²) in [5, 5.41) is 3.27. The Balaban J connectivity index is 2.23. The number of benzene rings is 1. The Bertz CT molecular complexity index is 588. The van der Waals surface area contributed by atoms with Crippen molar-refractivity contribution in [3.05, 3.63) is 48.0 Å². The lowest BCUT2D eigenvalue weighted by atomic mass is 9.86. The van der Waals surface area contributed by atoms with Crippen LogP contribution >= 0.6 is 0 Å². The number of rotatable bonds is 5. The van der Waals surface area contributed by atoms with Crippen LogP contribution in [0.25, 0.3) is 0 Å². The van der Waals surface area contributed by atoms with Crippen LogP contribution in [0.1, 0.15) is 39.7 Å². The van der Waals surface area contributed by atoms with Crippen LogP contribution in [-0.4, -0.2) is 11.5 Å². The van der Waals surface area contributed by atoms with Crippen molar-refractivity contribution in [2.24, 2.45) is 0 Å². The van der Waals surface area contributed by atoms with E-state index in [-0.39, 0.29) is 5.41 Å². The van der Waals surface area contributed by atoms with Gasteiger partial charge in [0.05, 0.1) is 0 Å². The highest BCUT2D eigenvalue weighted by molar-refractivity contribution is 5.42. The molecule has 0 aliphatic heterocycles.